The van der Waals surface area contributed by atoms with Crippen LogP contribution >= 0.6 is 11.3 Å². The highest BCUT2D eigenvalue weighted by Gasteiger charge is 2.35. The summed E-state index contributed by atoms with van der Waals surface area (Å²) in [6, 6.07) is 5.30. The molecule has 2 heterocycles. The second-order valence-electron chi connectivity index (χ2n) is 4.69. The third kappa shape index (κ3) is 2.85. The first-order valence-corrected chi connectivity index (χ1v) is 7.07. The summed E-state index contributed by atoms with van der Waals surface area (Å²) in [4.78, 5) is 12.1. The predicted molar refractivity (Wildman–Crippen MR) is 70.8 cm³/mol. The van der Waals surface area contributed by atoms with Gasteiger partial charge in [-0.25, -0.2) is 0 Å². The van der Waals surface area contributed by atoms with Gasteiger partial charge in [-0.05, 0) is 30.2 Å². The number of aliphatic carboxylic acids is 1. The van der Waals surface area contributed by atoms with Crippen LogP contribution in [0.1, 0.15) is 18.5 Å². The molecule has 0 aromatic carbocycles. The first-order chi connectivity index (χ1) is 9.24. The number of rotatable bonds is 6. The summed E-state index contributed by atoms with van der Waals surface area (Å²) in [6.45, 7) is 0.419. The zero-order chi connectivity index (χ0) is 13.2. The average molecular weight is 278 g/mol. The molecule has 2 N–H and O–H groups in total. The Balaban J connectivity index is 1.62. The summed E-state index contributed by atoms with van der Waals surface area (Å²) < 4.78 is 5.25. The molecule has 1 unspecified atom stereocenters. The molecule has 0 bridgehead atoms. The summed E-state index contributed by atoms with van der Waals surface area (Å²) in [5.74, 6) is 0.204. The molecule has 1 aliphatic carbocycles. The van der Waals surface area contributed by atoms with Crippen LogP contribution in [0.2, 0.25) is 0 Å². The molecule has 0 aliphatic heterocycles. The maximum atomic E-state index is 11.1. The first-order valence-electron chi connectivity index (χ1n) is 6.19. The van der Waals surface area contributed by atoms with E-state index in [-0.39, 0.29) is 5.92 Å². The third-order valence-corrected chi connectivity index (χ3v) is 4.07. The van der Waals surface area contributed by atoms with Gasteiger partial charge >= 0.3 is 5.97 Å². The first kappa shape index (κ1) is 12.4. The summed E-state index contributed by atoms with van der Waals surface area (Å²) >= 11 is 1.59. The number of carboxylic acids is 1. The Morgan fingerprint density at radius 3 is 3.11 bits per heavy atom. The lowest BCUT2D eigenvalue weighted by Crippen LogP contribution is -2.38. The molecule has 0 spiro atoms. The van der Waals surface area contributed by atoms with Crippen molar-refractivity contribution in [1.82, 2.24) is 10.5 Å². The summed E-state index contributed by atoms with van der Waals surface area (Å²) in [6.07, 6.45) is 1.98. The monoisotopic (exact) mass is 278 g/mol. The van der Waals surface area contributed by atoms with E-state index in [1.807, 2.05) is 23.6 Å². The van der Waals surface area contributed by atoms with Crippen LogP contribution in [0.5, 0.6) is 0 Å². The van der Waals surface area contributed by atoms with E-state index in [2.05, 4.69) is 10.5 Å². The van der Waals surface area contributed by atoms with Crippen LogP contribution in [-0.2, 0) is 11.3 Å². The van der Waals surface area contributed by atoms with Gasteiger partial charge in [0, 0.05) is 12.6 Å². The molecule has 6 heteroatoms. The van der Waals surface area contributed by atoms with Crippen LogP contribution in [-0.4, -0.2) is 22.3 Å². The smallest absolute Gasteiger partial charge is 0.320 e. The van der Waals surface area contributed by atoms with Crippen molar-refractivity contribution >= 4 is 17.3 Å². The van der Waals surface area contributed by atoms with Crippen LogP contribution in [0.4, 0.5) is 0 Å². The van der Waals surface area contributed by atoms with E-state index in [9.17, 15) is 4.79 Å². The van der Waals surface area contributed by atoms with Crippen molar-refractivity contribution in [2.45, 2.75) is 25.4 Å². The van der Waals surface area contributed by atoms with Gasteiger partial charge in [0.15, 0.2) is 5.76 Å². The van der Waals surface area contributed by atoms with Crippen LogP contribution in [0.25, 0.3) is 10.6 Å². The van der Waals surface area contributed by atoms with Gasteiger partial charge in [0.25, 0.3) is 0 Å². The fourth-order valence-corrected chi connectivity index (χ4v) is 2.70. The summed E-state index contributed by atoms with van der Waals surface area (Å²) in [7, 11) is 0. The van der Waals surface area contributed by atoms with Crippen molar-refractivity contribution in [2.75, 3.05) is 0 Å². The fraction of sp³-hybridized carbons (Fsp3) is 0.385. The van der Waals surface area contributed by atoms with Gasteiger partial charge < -0.3 is 9.63 Å². The zero-order valence-electron chi connectivity index (χ0n) is 10.2. The third-order valence-electron chi connectivity index (χ3n) is 3.19. The minimum absolute atomic E-state index is 0.265. The number of hydrogen-bond donors (Lipinski definition) is 2. The van der Waals surface area contributed by atoms with Gasteiger partial charge in [0.2, 0.25) is 0 Å². The van der Waals surface area contributed by atoms with Crippen LogP contribution in [0, 0.1) is 5.92 Å². The second-order valence-corrected chi connectivity index (χ2v) is 5.64. The van der Waals surface area contributed by atoms with E-state index in [1.54, 1.807) is 11.3 Å². The molecule has 0 radical (unpaired) electrons. The number of aromatic nitrogens is 1. The van der Waals surface area contributed by atoms with Crippen LogP contribution < -0.4 is 5.32 Å². The molecule has 100 valence electrons. The van der Waals surface area contributed by atoms with E-state index in [1.165, 1.54) is 0 Å². The van der Waals surface area contributed by atoms with Crippen molar-refractivity contribution in [2.24, 2.45) is 5.92 Å². The molecular weight excluding hydrogens is 264 g/mol. The van der Waals surface area contributed by atoms with Gasteiger partial charge in [-0.3, -0.25) is 10.1 Å². The van der Waals surface area contributed by atoms with Gasteiger partial charge in [-0.15, -0.1) is 11.3 Å². The SMILES string of the molecule is O=C(O)C(NCc1cc(-c2cccs2)on1)C1CC1. The second kappa shape index (κ2) is 5.14. The van der Waals surface area contributed by atoms with Crippen molar-refractivity contribution in [3.05, 3.63) is 29.3 Å². The number of nitrogens with one attached hydrogen (secondary N) is 1. The van der Waals surface area contributed by atoms with Gasteiger partial charge in [-0.1, -0.05) is 11.2 Å². The van der Waals surface area contributed by atoms with Crippen molar-refractivity contribution in [3.8, 4) is 10.6 Å². The minimum atomic E-state index is -0.788. The van der Waals surface area contributed by atoms with Crippen molar-refractivity contribution in [3.63, 3.8) is 0 Å². The molecule has 0 amide bonds. The number of carbonyl (C=O) groups is 1. The van der Waals surface area contributed by atoms with Crippen LogP contribution in [0.3, 0.4) is 0 Å². The fourth-order valence-electron chi connectivity index (χ4n) is 2.03. The van der Waals surface area contributed by atoms with Gasteiger partial charge in [0.1, 0.15) is 6.04 Å². The highest BCUT2D eigenvalue weighted by molar-refractivity contribution is 7.13. The molecule has 5 nitrogen and oxygen atoms in total. The van der Waals surface area contributed by atoms with Crippen molar-refractivity contribution < 1.29 is 14.4 Å². The largest absolute Gasteiger partial charge is 0.480 e. The zero-order valence-corrected chi connectivity index (χ0v) is 11.0. The molecule has 2 aromatic heterocycles. The Labute approximate surface area is 114 Å². The number of carboxylic acid groups (broad SMARTS) is 1. The Bertz CT molecular complexity index is 560. The predicted octanol–water partition coefficient (Wildman–Crippen LogP) is 2.36. The molecule has 0 saturated heterocycles. The van der Waals surface area contributed by atoms with Gasteiger partial charge in [0.05, 0.1) is 10.6 Å². The Morgan fingerprint density at radius 1 is 1.63 bits per heavy atom. The summed E-state index contributed by atoms with van der Waals surface area (Å²) in [5, 5.41) is 18.1. The number of nitrogens with zero attached hydrogens (tertiary/aromatic N) is 1. The quantitative estimate of drug-likeness (QED) is 0.848. The van der Waals surface area contributed by atoms with E-state index >= 15 is 0 Å². The van der Waals surface area contributed by atoms with Gasteiger partial charge in [-0.2, -0.15) is 0 Å². The Hall–Kier alpha value is -1.66. The number of hydrogen-bond acceptors (Lipinski definition) is 5. The van der Waals surface area contributed by atoms with E-state index in [0.29, 0.717) is 6.54 Å². The molecule has 19 heavy (non-hydrogen) atoms. The summed E-state index contributed by atoms with van der Waals surface area (Å²) in [5.41, 5.74) is 0.732. The van der Waals surface area contributed by atoms with E-state index in [0.717, 1.165) is 29.2 Å². The Morgan fingerprint density at radius 2 is 2.47 bits per heavy atom. The van der Waals surface area contributed by atoms with Crippen molar-refractivity contribution in [1.29, 1.82) is 0 Å². The minimum Gasteiger partial charge on any atom is -0.480 e. The molecule has 1 fully saturated rings. The topological polar surface area (TPSA) is 75.4 Å². The van der Waals surface area contributed by atoms with Crippen LogP contribution in [0.15, 0.2) is 28.1 Å². The highest BCUT2D eigenvalue weighted by atomic mass is 32.1. The lowest BCUT2D eigenvalue weighted by Gasteiger charge is -2.11. The average Bonchev–Trinajstić information content (AvgIpc) is 2.92. The van der Waals surface area contributed by atoms with E-state index in [4.69, 9.17) is 9.63 Å². The lowest BCUT2D eigenvalue weighted by atomic mass is 10.2. The highest BCUT2D eigenvalue weighted by Crippen LogP contribution is 2.33. The molecular formula is C13H14N2O3S. The normalized spacial score (nSPS) is 16.4. The number of thiophene rings is 1. The molecule has 1 aliphatic rings. The van der Waals surface area contributed by atoms with E-state index < -0.39 is 12.0 Å². The molecule has 2 aromatic rings. The maximum absolute atomic E-state index is 11.1. The standard InChI is InChI=1S/C13H14N2O3S/c16-13(17)12(8-3-4-8)14-7-9-6-10(18-15-9)11-2-1-5-19-11/h1-2,5-6,8,12,14H,3-4,7H2,(H,16,17). The molecule has 3 rings (SSSR count). The Kier molecular flexibility index (Phi) is 3.35. The lowest BCUT2D eigenvalue weighted by molar-refractivity contribution is -0.140. The maximum Gasteiger partial charge on any atom is 0.320 e. The molecule has 1 atom stereocenters. The molecule has 1 saturated carbocycles.